The lowest BCUT2D eigenvalue weighted by atomic mass is 9.82. The van der Waals surface area contributed by atoms with Crippen LogP contribution in [0.15, 0.2) is 23.1 Å². The molecule has 1 saturated carbocycles. The van der Waals surface area contributed by atoms with Crippen molar-refractivity contribution in [3.05, 3.63) is 27.3 Å². The normalized spacial score (nSPS) is 22.1. The summed E-state index contributed by atoms with van der Waals surface area (Å²) in [5.74, 6) is -0.996. The van der Waals surface area contributed by atoms with Crippen LogP contribution in [0.4, 0.5) is 0 Å². The molecule has 0 bridgehead atoms. The molecule has 1 aliphatic rings. The van der Waals surface area contributed by atoms with Crippen molar-refractivity contribution in [1.29, 1.82) is 0 Å². The van der Waals surface area contributed by atoms with Crippen LogP contribution in [0.1, 0.15) is 23.2 Å². The van der Waals surface area contributed by atoms with E-state index in [1.165, 1.54) is 29.6 Å². The first-order valence-electron chi connectivity index (χ1n) is 6.39. The number of benzene rings is 1. The summed E-state index contributed by atoms with van der Waals surface area (Å²) in [7, 11) is -2.24. The second kappa shape index (κ2) is 6.19. The minimum Gasteiger partial charge on any atom is -0.478 e. The molecule has 0 heterocycles. The summed E-state index contributed by atoms with van der Waals surface area (Å²) in [5.41, 5.74) is -0.0239. The Morgan fingerprint density at radius 2 is 2.05 bits per heavy atom. The van der Waals surface area contributed by atoms with Crippen LogP contribution < -0.4 is 0 Å². The van der Waals surface area contributed by atoms with Crippen LogP contribution in [0.25, 0.3) is 0 Å². The van der Waals surface area contributed by atoms with Crippen LogP contribution in [0.5, 0.6) is 0 Å². The minimum absolute atomic E-state index is 0.0239. The molecule has 21 heavy (non-hydrogen) atoms. The molecule has 6 nitrogen and oxygen atoms in total. The van der Waals surface area contributed by atoms with Gasteiger partial charge >= 0.3 is 5.97 Å². The monoisotopic (exact) mass is 425 g/mol. The number of aromatic carboxylic acids is 1. The van der Waals surface area contributed by atoms with Crippen LogP contribution in [0.2, 0.25) is 0 Å². The van der Waals surface area contributed by atoms with Gasteiger partial charge in [0.1, 0.15) is 0 Å². The van der Waals surface area contributed by atoms with Crippen molar-refractivity contribution in [2.24, 2.45) is 5.92 Å². The van der Waals surface area contributed by atoms with Gasteiger partial charge in [0, 0.05) is 17.2 Å². The van der Waals surface area contributed by atoms with Crippen molar-refractivity contribution in [2.75, 3.05) is 13.6 Å². The van der Waals surface area contributed by atoms with E-state index in [0.717, 1.165) is 0 Å². The van der Waals surface area contributed by atoms with Crippen LogP contribution >= 0.6 is 22.6 Å². The third-order valence-corrected chi connectivity index (χ3v) is 6.36. The third kappa shape index (κ3) is 3.55. The number of nitrogens with zero attached hydrogens (tertiary/aromatic N) is 1. The largest absolute Gasteiger partial charge is 0.478 e. The van der Waals surface area contributed by atoms with E-state index < -0.39 is 16.0 Å². The van der Waals surface area contributed by atoms with Gasteiger partial charge in [-0.05, 0) is 59.5 Å². The Morgan fingerprint density at radius 1 is 1.43 bits per heavy atom. The predicted octanol–water partition coefficient (Wildman–Crippen LogP) is 1.38. The minimum atomic E-state index is -3.72. The van der Waals surface area contributed by atoms with Gasteiger partial charge in [-0.1, -0.05) is 0 Å². The highest BCUT2D eigenvalue weighted by Gasteiger charge is 2.32. The fourth-order valence-electron chi connectivity index (χ4n) is 2.32. The van der Waals surface area contributed by atoms with E-state index >= 15 is 0 Å². The summed E-state index contributed by atoms with van der Waals surface area (Å²) in [6.07, 6.45) is 0.878. The topological polar surface area (TPSA) is 94.9 Å². The quantitative estimate of drug-likeness (QED) is 0.696. The molecule has 0 aromatic heterocycles. The van der Waals surface area contributed by atoms with Gasteiger partial charge in [0.25, 0.3) is 0 Å². The molecule has 0 atom stereocenters. The predicted molar refractivity (Wildman–Crippen MR) is 84.7 cm³/mol. The average Bonchev–Trinajstić information content (AvgIpc) is 2.36. The molecule has 0 spiro atoms. The van der Waals surface area contributed by atoms with Crippen LogP contribution in [0.3, 0.4) is 0 Å². The summed E-state index contributed by atoms with van der Waals surface area (Å²) < 4.78 is 26.6. The molecule has 1 aromatic carbocycles. The standard InChI is InChI=1S/C13H16INO5S/c1-15(7-8-4-9(16)5-8)21(19,20)10-2-3-12(14)11(6-10)13(17)18/h2-3,6,8-9,16H,4-5,7H2,1H3,(H,17,18). The molecule has 0 saturated heterocycles. The lowest BCUT2D eigenvalue weighted by molar-refractivity contribution is 0.0367. The molecule has 1 aromatic rings. The van der Waals surface area contributed by atoms with E-state index in [9.17, 15) is 18.3 Å². The van der Waals surface area contributed by atoms with Crippen molar-refractivity contribution in [3.8, 4) is 0 Å². The van der Waals surface area contributed by atoms with Gasteiger partial charge in [-0.15, -0.1) is 0 Å². The zero-order valence-corrected chi connectivity index (χ0v) is 14.3. The second-order valence-corrected chi connectivity index (χ2v) is 8.43. The molecule has 8 heteroatoms. The van der Waals surface area contributed by atoms with Crippen LogP contribution in [-0.4, -0.2) is 48.6 Å². The number of carbonyl (C=O) groups is 1. The van der Waals surface area contributed by atoms with Crippen molar-refractivity contribution in [1.82, 2.24) is 4.31 Å². The zero-order chi connectivity index (χ0) is 15.8. The van der Waals surface area contributed by atoms with E-state index in [0.29, 0.717) is 23.0 Å². The number of carboxylic acid groups (broad SMARTS) is 1. The Bertz CT molecular complexity index is 655. The smallest absolute Gasteiger partial charge is 0.336 e. The first kappa shape index (κ1) is 16.7. The van der Waals surface area contributed by atoms with E-state index in [1.54, 1.807) is 0 Å². The number of sulfonamides is 1. The van der Waals surface area contributed by atoms with E-state index in [2.05, 4.69) is 0 Å². The maximum Gasteiger partial charge on any atom is 0.336 e. The molecule has 0 aliphatic heterocycles. The number of aliphatic hydroxyl groups is 1. The highest BCUT2D eigenvalue weighted by atomic mass is 127. The Balaban J connectivity index is 2.22. The average molecular weight is 425 g/mol. The zero-order valence-electron chi connectivity index (χ0n) is 11.4. The fourth-order valence-corrected chi connectivity index (χ4v) is 4.16. The van der Waals surface area contributed by atoms with Gasteiger partial charge in [0.15, 0.2) is 0 Å². The lowest BCUT2D eigenvalue weighted by Crippen LogP contribution is -2.39. The summed E-state index contributed by atoms with van der Waals surface area (Å²) in [4.78, 5) is 11.1. The maximum absolute atomic E-state index is 12.4. The first-order chi connectivity index (χ1) is 9.71. The Labute approximate surface area is 137 Å². The number of carboxylic acids is 1. The van der Waals surface area contributed by atoms with Crippen molar-refractivity contribution in [2.45, 2.75) is 23.8 Å². The van der Waals surface area contributed by atoms with Crippen molar-refractivity contribution < 1.29 is 23.4 Å². The molecule has 0 amide bonds. The molecule has 1 aliphatic carbocycles. The first-order valence-corrected chi connectivity index (χ1v) is 8.91. The van der Waals surface area contributed by atoms with Crippen molar-refractivity contribution >= 4 is 38.6 Å². The van der Waals surface area contributed by atoms with Gasteiger partial charge in [-0.2, -0.15) is 0 Å². The Hall–Kier alpha value is -0.710. The Morgan fingerprint density at radius 3 is 2.57 bits per heavy atom. The number of hydrogen-bond donors (Lipinski definition) is 2. The fraction of sp³-hybridized carbons (Fsp3) is 0.462. The molecular formula is C13H16INO5S. The highest BCUT2D eigenvalue weighted by Crippen LogP contribution is 2.29. The highest BCUT2D eigenvalue weighted by molar-refractivity contribution is 14.1. The lowest BCUT2D eigenvalue weighted by Gasteiger charge is -2.34. The number of halogens is 1. The van der Waals surface area contributed by atoms with Crippen LogP contribution in [-0.2, 0) is 10.0 Å². The molecule has 1 fully saturated rings. The molecule has 0 unspecified atom stereocenters. The van der Waals surface area contributed by atoms with Gasteiger partial charge < -0.3 is 10.2 Å². The third-order valence-electron chi connectivity index (χ3n) is 3.60. The van der Waals surface area contributed by atoms with Crippen LogP contribution in [0, 0.1) is 9.49 Å². The molecule has 0 radical (unpaired) electrons. The van der Waals surface area contributed by atoms with Gasteiger partial charge in [-0.25, -0.2) is 17.5 Å². The summed E-state index contributed by atoms with van der Waals surface area (Å²) in [6.45, 7) is 0.327. The summed E-state index contributed by atoms with van der Waals surface area (Å²) in [6, 6.07) is 4.08. The molecule has 116 valence electrons. The maximum atomic E-state index is 12.4. The summed E-state index contributed by atoms with van der Waals surface area (Å²) in [5, 5.41) is 18.3. The Kier molecular flexibility index (Phi) is 4.91. The number of rotatable bonds is 5. The molecular weight excluding hydrogens is 409 g/mol. The number of aliphatic hydroxyl groups excluding tert-OH is 1. The van der Waals surface area contributed by atoms with E-state index in [1.807, 2.05) is 22.6 Å². The van der Waals surface area contributed by atoms with Gasteiger partial charge in [-0.3, -0.25) is 0 Å². The number of hydrogen-bond acceptors (Lipinski definition) is 4. The van der Waals surface area contributed by atoms with Crippen molar-refractivity contribution in [3.63, 3.8) is 0 Å². The molecule has 2 rings (SSSR count). The van der Waals surface area contributed by atoms with Gasteiger partial charge in [0.2, 0.25) is 10.0 Å². The van der Waals surface area contributed by atoms with E-state index in [4.69, 9.17) is 5.11 Å². The second-order valence-electron chi connectivity index (χ2n) is 5.22. The summed E-state index contributed by atoms with van der Waals surface area (Å²) >= 11 is 1.86. The SMILES string of the molecule is CN(CC1CC(O)C1)S(=O)(=O)c1ccc(I)c(C(=O)O)c1. The van der Waals surface area contributed by atoms with E-state index in [-0.39, 0.29) is 22.5 Å². The molecule has 2 N–H and O–H groups in total. The van der Waals surface area contributed by atoms with Gasteiger partial charge in [0.05, 0.1) is 16.6 Å².